The van der Waals surface area contributed by atoms with Gasteiger partial charge in [-0.05, 0) is 19.1 Å². The van der Waals surface area contributed by atoms with Crippen LogP contribution in [0.1, 0.15) is 19.8 Å². The molecule has 18 heavy (non-hydrogen) atoms. The molecule has 1 amide bonds. The fourth-order valence-electron chi connectivity index (χ4n) is 1.72. The molecule has 96 valence electrons. The lowest BCUT2D eigenvalue weighted by molar-refractivity contribution is -0.120. The summed E-state index contributed by atoms with van der Waals surface area (Å²) in [6, 6.07) is 12.0. The van der Waals surface area contributed by atoms with Gasteiger partial charge in [0, 0.05) is 31.7 Å². The van der Waals surface area contributed by atoms with Gasteiger partial charge in [-0.15, -0.1) is 0 Å². The standard InChI is InChI=1S/C14H19N3O/c1-2-16-14(18)9-12-17(11-6-10-15)13-7-4-3-5-8-13/h3-5,7-8H,2,6,9,11-12H2,1H3,(H,16,18). The quantitative estimate of drug-likeness (QED) is 0.798. The van der Waals surface area contributed by atoms with Crippen LogP contribution in [0.3, 0.4) is 0 Å². The molecule has 0 unspecified atom stereocenters. The Morgan fingerprint density at radius 2 is 2.06 bits per heavy atom. The van der Waals surface area contributed by atoms with E-state index in [2.05, 4.69) is 16.3 Å². The summed E-state index contributed by atoms with van der Waals surface area (Å²) in [6.07, 6.45) is 0.915. The molecule has 0 saturated heterocycles. The Kier molecular flexibility index (Phi) is 6.34. The summed E-state index contributed by atoms with van der Waals surface area (Å²) in [7, 11) is 0. The summed E-state index contributed by atoms with van der Waals surface area (Å²) in [5.74, 6) is 0.0513. The highest BCUT2D eigenvalue weighted by Gasteiger charge is 2.08. The molecule has 1 N–H and O–H groups in total. The van der Waals surface area contributed by atoms with Crippen LogP contribution in [0.15, 0.2) is 30.3 Å². The summed E-state index contributed by atoms with van der Waals surface area (Å²) in [4.78, 5) is 13.5. The molecule has 1 aromatic rings. The van der Waals surface area contributed by atoms with Gasteiger partial charge in [0.25, 0.3) is 0 Å². The Bertz CT molecular complexity index is 397. The Morgan fingerprint density at radius 3 is 2.67 bits per heavy atom. The molecule has 0 atom stereocenters. The van der Waals surface area contributed by atoms with Crippen molar-refractivity contribution < 1.29 is 4.79 Å². The fraction of sp³-hybridized carbons (Fsp3) is 0.429. The lowest BCUT2D eigenvalue weighted by Gasteiger charge is -2.23. The van der Waals surface area contributed by atoms with Gasteiger partial charge in [-0.2, -0.15) is 5.26 Å². The van der Waals surface area contributed by atoms with Gasteiger partial charge in [0.2, 0.25) is 5.91 Å². The minimum atomic E-state index is 0.0513. The van der Waals surface area contributed by atoms with E-state index in [1.165, 1.54) is 0 Å². The van der Waals surface area contributed by atoms with E-state index >= 15 is 0 Å². The zero-order chi connectivity index (χ0) is 13.2. The summed E-state index contributed by atoms with van der Waals surface area (Å²) < 4.78 is 0. The number of anilines is 1. The third-order valence-corrected chi connectivity index (χ3v) is 2.60. The highest BCUT2D eigenvalue weighted by molar-refractivity contribution is 5.76. The number of carbonyl (C=O) groups excluding carboxylic acids is 1. The monoisotopic (exact) mass is 245 g/mol. The third kappa shape index (κ3) is 4.88. The number of carbonyl (C=O) groups is 1. The highest BCUT2D eigenvalue weighted by atomic mass is 16.1. The van der Waals surface area contributed by atoms with Crippen LogP contribution < -0.4 is 10.2 Å². The molecule has 1 aromatic carbocycles. The molecule has 4 heteroatoms. The summed E-state index contributed by atoms with van der Waals surface area (Å²) in [6.45, 7) is 3.85. The van der Waals surface area contributed by atoms with Gasteiger partial charge in [-0.1, -0.05) is 18.2 Å². The highest BCUT2D eigenvalue weighted by Crippen LogP contribution is 2.13. The van der Waals surface area contributed by atoms with Crippen LogP contribution in [0.5, 0.6) is 0 Å². The number of para-hydroxylation sites is 1. The molecule has 4 nitrogen and oxygen atoms in total. The predicted octanol–water partition coefficient (Wildman–Crippen LogP) is 1.93. The number of hydrogen-bond acceptors (Lipinski definition) is 3. The van der Waals surface area contributed by atoms with Crippen LogP contribution in [0.2, 0.25) is 0 Å². The van der Waals surface area contributed by atoms with Crippen molar-refractivity contribution in [3.05, 3.63) is 30.3 Å². The van der Waals surface area contributed by atoms with E-state index < -0.39 is 0 Å². The minimum absolute atomic E-state index is 0.0513. The second-order valence-corrected chi connectivity index (χ2v) is 3.93. The number of nitriles is 1. The number of nitrogens with zero attached hydrogens (tertiary/aromatic N) is 2. The smallest absolute Gasteiger partial charge is 0.221 e. The maximum Gasteiger partial charge on any atom is 0.221 e. The normalized spacial score (nSPS) is 9.56. The summed E-state index contributed by atoms with van der Waals surface area (Å²) in [5, 5.41) is 11.4. The van der Waals surface area contributed by atoms with E-state index in [0.29, 0.717) is 32.5 Å². The lowest BCUT2D eigenvalue weighted by atomic mass is 10.2. The van der Waals surface area contributed by atoms with Gasteiger partial charge >= 0.3 is 0 Å². The van der Waals surface area contributed by atoms with E-state index in [1.807, 2.05) is 37.3 Å². The largest absolute Gasteiger partial charge is 0.370 e. The van der Waals surface area contributed by atoms with Crippen molar-refractivity contribution >= 4 is 11.6 Å². The Morgan fingerprint density at radius 1 is 1.33 bits per heavy atom. The molecule has 0 aliphatic rings. The number of nitrogens with one attached hydrogen (secondary N) is 1. The first-order valence-electron chi connectivity index (χ1n) is 6.21. The van der Waals surface area contributed by atoms with Crippen LogP contribution in [-0.2, 0) is 4.79 Å². The van der Waals surface area contributed by atoms with Crippen molar-refractivity contribution in [2.24, 2.45) is 0 Å². The number of benzene rings is 1. The first-order chi connectivity index (χ1) is 8.77. The molecule has 0 fully saturated rings. The van der Waals surface area contributed by atoms with E-state index in [1.54, 1.807) is 0 Å². The van der Waals surface area contributed by atoms with E-state index in [4.69, 9.17) is 5.26 Å². The van der Waals surface area contributed by atoms with Gasteiger partial charge in [0.15, 0.2) is 0 Å². The fourth-order valence-corrected chi connectivity index (χ4v) is 1.72. The van der Waals surface area contributed by atoms with Crippen molar-refractivity contribution in [3.63, 3.8) is 0 Å². The zero-order valence-electron chi connectivity index (χ0n) is 10.7. The van der Waals surface area contributed by atoms with E-state index in [-0.39, 0.29) is 5.91 Å². The maximum atomic E-state index is 11.4. The molecular weight excluding hydrogens is 226 g/mol. The Hall–Kier alpha value is -2.02. The molecule has 0 aliphatic heterocycles. The van der Waals surface area contributed by atoms with Crippen molar-refractivity contribution in [2.75, 3.05) is 24.5 Å². The van der Waals surface area contributed by atoms with Crippen LogP contribution in [-0.4, -0.2) is 25.5 Å². The average Bonchev–Trinajstić information content (AvgIpc) is 2.40. The molecule has 1 rings (SSSR count). The average molecular weight is 245 g/mol. The van der Waals surface area contributed by atoms with E-state index in [9.17, 15) is 4.79 Å². The first kappa shape index (κ1) is 14.0. The van der Waals surface area contributed by atoms with Gasteiger partial charge < -0.3 is 10.2 Å². The van der Waals surface area contributed by atoms with Gasteiger partial charge in [-0.3, -0.25) is 4.79 Å². The molecule has 0 spiro atoms. The number of hydrogen-bond donors (Lipinski definition) is 1. The van der Waals surface area contributed by atoms with Crippen molar-refractivity contribution in [3.8, 4) is 6.07 Å². The summed E-state index contributed by atoms with van der Waals surface area (Å²) in [5.41, 5.74) is 1.05. The molecule has 0 radical (unpaired) electrons. The van der Waals surface area contributed by atoms with Gasteiger partial charge in [-0.25, -0.2) is 0 Å². The van der Waals surface area contributed by atoms with Gasteiger partial charge in [0.05, 0.1) is 12.5 Å². The van der Waals surface area contributed by atoms with E-state index in [0.717, 1.165) is 5.69 Å². The second kappa shape index (κ2) is 8.13. The first-order valence-corrected chi connectivity index (χ1v) is 6.21. The van der Waals surface area contributed by atoms with Crippen molar-refractivity contribution in [1.82, 2.24) is 5.32 Å². The van der Waals surface area contributed by atoms with Gasteiger partial charge in [0.1, 0.15) is 0 Å². The van der Waals surface area contributed by atoms with Crippen molar-refractivity contribution in [1.29, 1.82) is 5.26 Å². The lowest BCUT2D eigenvalue weighted by Crippen LogP contribution is -2.31. The van der Waals surface area contributed by atoms with Crippen LogP contribution in [0.25, 0.3) is 0 Å². The van der Waals surface area contributed by atoms with Crippen molar-refractivity contribution in [2.45, 2.75) is 19.8 Å². The van der Waals surface area contributed by atoms with Crippen LogP contribution in [0.4, 0.5) is 5.69 Å². The summed E-state index contributed by atoms with van der Waals surface area (Å²) >= 11 is 0. The topological polar surface area (TPSA) is 56.1 Å². The SMILES string of the molecule is CCNC(=O)CCN(CCC#N)c1ccccc1. The van der Waals surface area contributed by atoms with Crippen LogP contribution >= 0.6 is 0 Å². The molecular formula is C14H19N3O. The molecule has 0 saturated carbocycles. The third-order valence-electron chi connectivity index (χ3n) is 2.60. The Labute approximate surface area is 108 Å². The molecule has 0 bridgehead atoms. The second-order valence-electron chi connectivity index (χ2n) is 3.93. The predicted molar refractivity (Wildman–Crippen MR) is 72.2 cm³/mol. The molecule has 0 heterocycles. The minimum Gasteiger partial charge on any atom is -0.370 e. The van der Waals surface area contributed by atoms with Crippen LogP contribution in [0, 0.1) is 11.3 Å². The number of amides is 1. The molecule has 0 aliphatic carbocycles. The zero-order valence-corrected chi connectivity index (χ0v) is 10.7. The maximum absolute atomic E-state index is 11.4. The Balaban J connectivity index is 2.57. The molecule has 0 aromatic heterocycles. The number of rotatable bonds is 7.